The first-order valence-electron chi connectivity index (χ1n) is 6.45. The molecule has 6 nitrogen and oxygen atoms in total. The summed E-state index contributed by atoms with van der Waals surface area (Å²) in [5, 5.41) is 8.94. The second-order valence-electron chi connectivity index (χ2n) is 4.50. The third-order valence-electron chi connectivity index (χ3n) is 3.04. The molecule has 1 aromatic carbocycles. The van der Waals surface area contributed by atoms with Gasteiger partial charge in [0.15, 0.2) is 5.82 Å². The van der Waals surface area contributed by atoms with Gasteiger partial charge in [-0.3, -0.25) is 4.57 Å². The molecule has 0 bridgehead atoms. The summed E-state index contributed by atoms with van der Waals surface area (Å²) in [7, 11) is 0. The van der Waals surface area contributed by atoms with Crippen molar-refractivity contribution in [3.8, 4) is 11.4 Å². The minimum atomic E-state index is -2.63. The molecule has 0 fully saturated rings. The van der Waals surface area contributed by atoms with Gasteiger partial charge in [0.1, 0.15) is 5.82 Å². The molecule has 2 heterocycles. The van der Waals surface area contributed by atoms with E-state index in [1.54, 1.807) is 24.3 Å². The molecule has 0 radical (unpaired) electrons. The number of hydrogen-bond acceptors (Lipinski definition) is 5. The maximum Gasteiger partial charge on any atom is 0.319 e. The first kappa shape index (κ1) is 15.8. The Bertz CT molecular complexity index is 818. The van der Waals surface area contributed by atoms with Crippen molar-refractivity contribution in [3.63, 3.8) is 0 Å². The Hall–Kier alpha value is -2.13. The van der Waals surface area contributed by atoms with E-state index in [9.17, 15) is 8.78 Å². The van der Waals surface area contributed by atoms with Crippen molar-refractivity contribution in [2.75, 3.05) is 5.84 Å². The van der Waals surface area contributed by atoms with E-state index in [0.29, 0.717) is 21.6 Å². The molecule has 0 saturated carbocycles. The number of thioether (sulfide) groups is 1. The van der Waals surface area contributed by atoms with E-state index in [1.165, 1.54) is 28.8 Å². The molecule has 2 N–H and O–H groups in total. The Morgan fingerprint density at radius 2 is 2.13 bits per heavy atom. The van der Waals surface area contributed by atoms with Crippen LogP contribution in [-0.2, 0) is 5.75 Å². The number of aromatic nitrogens is 5. The molecule has 3 aromatic rings. The largest absolute Gasteiger partial charge is 0.335 e. The SMILES string of the molecule is Nn1c(SCc2nccn2C(F)F)nnc1-c1cccc(Cl)c1. The highest BCUT2D eigenvalue weighted by Crippen LogP contribution is 2.26. The number of benzene rings is 1. The van der Waals surface area contributed by atoms with E-state index in [0.717, 1.165) is 4.57 Å². The Morgan fingerprint density at radius 1 is 1.30 bits per heavy atom. The standard InChI is InChI=1S/C13H11ClF2N6S/c14-9-3-1-2-8(6-9)11-19-20-13(22(11)17)23-7-10-18-4-5-21(10)12(15)16/h1-6,12H,7,17H2. The van der Waals surface area contributed by atoms with Crippen LogP contribution < -0.4 is 5.84 Å². The van der Waals surface area contributed by atoms with Crippen LogP contribution >= 0.6 is 23.4 Å². The van der Waals surface area contributed by atoms with Crippen molar-refractivity contribution in [2.24, 2.45) is 0 Å². The zero-order chi connectivity index (χ0) is 16.4. The first-order chi connectivity index (χ1) is 11.1. The van der Waals surface area contributed by atoms with Gasteiger partial charge in [-0.05, 0) is 12.1 Å². The van der Waals surface area contributed by atoms with Crippen molar-refractivity contribution in [2.45, 2.75) is 17.5 Å². The van der Waals surface area contributed by atoms with Gasteiger partial charge in [0.2, 0.25) is 5.16 Å². The Morgan fingerprint density at radius 3 is 2.87 bits per heavy atom. The van der Waals surface area contributed by atoms with Gasteiger partial charge in [-0.1, -0.05) is 35.5 Å². The van der Waals surface area contributed by atoms with Gasteiger partial charge in [-0.25, -0.2) is 9.66 Å². The summed E-state index contributed by atoms with van der Waals surface area (Å²) in [6.45, 7) is -2.63. The summed E-state index contributed by atoms with van der Waals surface area (Å²) in [6.07, 6.45) is 2.55. The monoisotopic (exact) mass is 356 g/mol. The number of nitrogens with zero attached hydrogens (tertiary/aromatic N) is 5. The molecular formula is C13H11ClF2N6S. The van der Waals surface area contributed by atoms with Gasteiger partial charge in [-0.15, -0.1) is 10.2 Å². The smallest absolute Gasteiger partial charge is 0.319 e. The Kier molecular flexibility index (Phi) is 4.49. The number of alkyl halides is 2. The van der Waals surface area contributed by atoms with Gasteiger partial charge in [-0.2, -0.15) is 8.78 Å². The highest BCUT2D eigenvalue weighted by atomic mass is 35.5. The number of halogens is 3. The van der Waals surface area contributed by atoms with Crippen molar-refractivity contribution in [1.29, 1.82) is 0 Å². The lowest BCUT2D eigenvalue weighted by atomic mass is 10.2. The second kappa shape index (κ2) is 6.55. The molecule has 0 spiro atoms. The lowest BCUT2D eigenvalue weighted by molar-refractivity contribution is 0.0678. The minimum absolute atomic E-state index is 0.197. The van der Waals surface area contributed by atoms with Crippen LogP contribution in [0.15, 0.2) is 41.8 Å². The molecule has 0 aliphatic carbocycles. The summed E-state index contributed by atoms with van der Waals surface area (Å²) in [5.74, 6) is 6.84. The van der Waals surface area contributed by atoms with E-state index in [1.807, 2.05) is 0 Å². The van der Waals surface area contributed by atoms with E-state index >= 15 is 0 Å². The average Bonchev–Trinajstić information content (AvgIpc) is 3.12. The zero-order valence-corrected chi connectivity index (χ0v) is 13.2. The minimum Gasteiger partial charge on any atom is -0.335 e. The van der Waals surface area contributed by atoms with Crippen LogP contribution in [0, 0.1) is 0 Å². The molecule has 0 atom stereocenters. The average molecular weight is 357 g/mol. The summed E-state index contributed by atoms with van der Waals surface area (Å²) in [5.41, 5.74) is 0.716. The van der Waals surface area contributed by atoms with E-state index < -0.39 is 6.55 Å². The van der Waals surface area contributed by atoms with Crippen molar-refractivity contribution >= 4 is 23.4 Å². The van der Waals surface area contributed by atoms with E-state index in [4.69, 9.17) is 17.4 Å². The number of nitrogen functional groups attached to an aromatic ring is 1. The molecule has 23 heavy (non-hydrogen) atoms. The summed E-state index contributed by atoms with van der Waals surface area (Å²) in [6, 6.07) is 7.03. The van der Waals surface area contributed by atoms with Gasteiger partial charge < -0.3 is 5.84 Å². The normalized spacial score (nSPS) is 11.3. The topological polar surface area (TPSA) is 74.6 Å². The molecule has 0 amide bonds. The fourth-order valence-electron chi connectivity index (χ4n) is 1.96. The van der Waals surface area contributed by atoms with Gasteiger partial charge in [0, 0.05) is 23.0 Å². The first-order valence-corrected chi connectivity index (χ1v) is 7.81. The van der Waals surface area contributed by atoms with Gasteiger partial charge in [0.05, 0.1) is 5.75 Å². The van der Waals surface area contributed by atoms with E-state index in [2.05, 4.69) is 15.2 Å². The predicted molar refractivity (Wildman–Crippen MR) is 83.7 cm³/mol. The number of nitrogens with two attached hydrogens (primary N) is 1. The lowest BCUT2D eigenvalue weighted by Crippen LogP contribution is -2.12. The van der Waals surface area contributed by atoms with Crippen LogP contribution in [0.25, 0.3) is 11.4 Å². The molecule has 0 unspecified atom stereocenters. The van der Waals surface area contributed by atoms with Crippen molar-refractivity contribution in [1.82, 2.24) is 24.4 Å². The van der Waals surface area contributed by atoms with E-state index in [-0.39, 0.29) is 11.6 Å². The van der Waals surface area contributed by atoms with Crippen LogP contribution in [0.1, 0.15) is 12.4 Å². The molecule has 0 aliphatic rings. The highest BCUT2D eigenvalue weighted by molar-refractivity contribution is 7.98. The quantitative estimate of drug-likeness (QED) is 0.561. The van der Waals surface area contributed by atoms with Gasteiger partial charge in [0.25, 0.3) is 0 Å². The molecule has 3 rings (SSSR count). The van der Waals surface area contributed by atoms with Crippen LogP contribution in [0.2, 0.25) is 5.02 Å². The fraction of sp³-hybridized carbons (Fsp3) is 0.154. The molecule has 0 aliphatic heterocycles. The maximum atomic E-state index is 12.8. The summed E-state index contributed by atoms with van der Waals surface area (Å²) >= 11 is 7.11. The second-order valence-corrected chi connectivity index (χ2v) is 5.88. The number of imidazole rings is 1. The fourth-order valence-corrected chi connectivity index (χ4v) is 2.96. The molecule has 10 heteroatoms. The number of rotatable bonds is 5. The molecule has 0 saturated heterocycles. The molecule has 2 aromatic heterocycles. The molecular weight excluding hydrogens is 346 g/mol. The van der Waals surface area contributed by atoms with Crippen LogP contribution in [0.4, 0.5) is 8.78 Å². The van der Waals surface area contributed by atoms with Crippen molar-refractivity contribution < 1.29 is 8.78 Å². The lowest BCUT2D eigenvalue weighted by Gasteiger charge is -2.06. The number of hydrogen-bond donors (Lipinski definition) is 1. The maximum absolute atomic E-state index is 12.8. The Balaban J connectivity index is 1.79. The van der Waals surface area contributed by atoms with Gasteiger partial charge >= 0.3 is 6.55 Å². The third-order valence-corrected chi connectivity index (χ3v) is 4.21. The highest BCUT2D eigenvalue weighted by Gasteiger charge is 2.16. The summed E-state index contributed by atoms with van der Waals surface area (Å²) in [4.78, 5) is 3.91. The van der Waals surface area contributed by atoms with Crippen LogP contribution in [0.3, 0.4) is 0 Å². The van der Waals surface area contributed by atoms with Crippen LogP contribution in [0.5, 0.6) is 0 Å². The Labute approximate surface area is 139 Å². The van der Waals surface area contributed by atoms with Crippen LogP contribution in [-0.4, -0.2) is 24.4 Å². The zero-order valence-electron chi connectivity index (χ0n) is 11.6. The third kappa shape index (κ3) is 3.30. The predicted octanol–water partition coefficient (Wildman–Crippen LogP) is 3.20. The summed E-state index contributed by atoms with van der Waals surface area (Å²) < 4.78 is 27.6. The molecule has 120 valence electrons. The van der Waals surface area contributed by atoms with Crippen molar-refractivity contribution in [3.05, 3.63) is 47.5 Å².